The second-order valence-electron chi connectivity index (χ2n) is 3.25. The van der Waals surface area contributed by atoms with Crippen molar-refractivity contribution in [1.82, 2.24) is 0 Å². The predicted molar refractivity (Wildman–Crippen MR) is 67.7 cm³/mol. The molecule has 0 spiro atoms. The van der Waals surface area contributed by atoms with Gasteiger partial charge in [-0.2, -0.15) is 0 Å². The van der Waals surface area contributed by atoms with Crippen molar-refractivity contribution in [2.75, 3.05) is 5.32 Å². The molecule has 0 bridgehead atoms. The number of hydrogen-bond donors (Lipinski definition) is 1. The molecular formula is C10H13ClIN. The number of benzene rings is 1. The van der Waals surface area contributed by atoms with Gasteiger partial charge in [-0.25, -0.2) is 0 Å². The number of anilines is 1. The number of para-hydroxylation sites is 1. The van der Waals surface area contributed by atoms with Gasteiger partial charge in [0.15, 0.2) is 0 Å². The van der Waals surface area contributed by atoms with Crippen LogP contribution < -0.4 is 5.32 Å². The van der Waals surface area contributed by atoms with Crippen LogP contribution >= 0.6 is 35.0 Å². The summed E-state index contributed by atoms with van der Waals surface area (Å²) >= 11 is 2.37. The van der Waals surface area contributed by atoms with Crippen LogP contribution in [0.1, 0.15) is 19.3 Å². The minimum atomic E-state index is 0. The maximum atomic E-state index is 3.54. The molecule has 1 nitrogen and oxygen atoms in total. The van der Waals surface area contributed by atoms with Gasteiger partial charge >= 0.3 is 0 Å². The van der Waals surface area contributed by atoms with Crippen LogP contribution in [0.4, 0.5) is 5.69 Å². The zero-order valence-corrected chi connectivity index (χ0v) is 10.3. The molecule has 0 aliphatic heterocycles. The van der Waals surface area contributed by atoms with Crippen LogP contribution in [0.5, 0.6) is 0 Å². The third-order valence-electron chi connectivity index (χ3n) is 2.34. The van der Waals surface area contributed by atoms with E-state index in [1.165, 1.54) is 28.5 Å². The number of rotatable bonds is 2. The standard InChI is InChI=1S/C10H12IN.ClH/c11-9-6-1-2-7-10(9)12-8-4-3-5-8;/h1-2,6-8,12H,3-5H2;1H. The van der Waals surface area contributed by atoms with E-state index in [0.717, 1.165) is 6.04 Å². The van der Waals surface area contributed by atoms with Gasteiger partial charge in [-0.3, -0.25) is 0 Å². The molecule has 0 atom stereocenters. The van der Waals surface area contributed by atoms with Crippen LogP contribution in [0.2, 0.25) is 0 Å². The van der Waals surface area contributed by atoms with Crippen LogP contribution in [-0.2, 0) is 0 Å². The summed E-state index contributed by atoms with van der Waals surface area (Å²) in [5.41, 5.74) is 1.29. The topological polar surface area (TPSA) is 12.0 Å². The Bertz CT molecular complexity index is 273. The highest BCUT2D eigenvalue weighted by Crippen LogP contribution is 2.25. The van der Waals surface area contributed by atoms with E-state index in [1.54, 1.807) is 0 Å². The summed E-state index contributed by atoms with van der Waals surface area (Å²) in [6.45, 7) is 0. The molecule has 1 aliphatic rings. The highest BCUT2D eigenvalue weighted by Gasteiger charge is 2.17. The molecule has 2 rings (SSSR count). The molecule has 0 saturated heterocycles. The number of halogens is 2. The number of nitrogens with one attached hydrogen (secondary N) is 1. The van der Waals surface area contributed by atoms with Crippen LogP contribution in [0, 0.1) is 3.57 Å². The molecular weight excluding hydrogens is 296 g/mol. The highest BCUT2D eigenvalue weighted by atomic mass is 127. The van der Waals surface area contributed by atoms with E-state index in [9.17, 15) is 0 Å². The lowest BCUT2D eigenvalue weighted by molar-refractivity contribution is 0.445. The molecule has 1 aromatic rings. The second-order valence-corrected chi connectivity index (χ2v) is 4.41. The summed E-state index contributed by atoms with van der Waals surface area (Å²) in [6.07, 6.45) is 4.07. The Morgan fingerprint density at radius 3 is 2.46 bits per heavy atom. The summed E-state index contributed by atoms with van der Waals surface area (Å²) < 4.78 is 1.32. The fourth-order valence-corrected chi connectivity index (χ4v) is 1.89. The minimum Gasteiger partial charge on any atom is -0.381 e. The maximum Gasteiger partial charge on any atom is 0.0478 e. The number of hydrogen-bond acceptors (Lipinski definition) is 1. The zero-order valence-electron chi connectivity index (χ0n) is 7.29. The third kappa shape index (κ3) is 2.74. The monoisotopic (exact) mass is 309 g/mol. The van der Waals surface area contributed by atoms with Crippen LogP contribution in [-0.4, -0.2) is 6.04 Å². The molecule has 0 unspecified atom stereocenters. The Balaban J connectivity index is 0.000000845. The van der Waals surface area contributed by atoms with Crippen LogP contribution in [0.15, 0.2) is 24.3 Å². The maximum absolute atomic E-state index is 3.54. The largest absolute Gasteiger partial charge is 0.381 e. The molecule has 0 amide bonds. The van der Waals surface area contributed by atoms with Gasteiger partial charge in [0.05, 0.1) is 0 Å². The fourth-order valence-electron chi connectivity index (χ4n) is 1.35. The minimum absolute atomic E-state index is 0. The Labute approximate surface area is 98.9 Å². The first-order valence-corrected chi connectivity index (χ1v) is 5.45. The molecule has 72 valence electrons. The van der Waals surface area contributed by atoms with Crippen molar-refractivity contribution in [2.24, 2.45) is 0 Å². The normalized spacial score (nSPS) is 15.8. The van der Waals surface area contributed by atoms with Gasteiger partial charge in [0.25, 0.3) is 0 Å². The third-order valence-corrected chi connectivity index (χ3v) is 3.28. The van der Waals surface area contributed by atoms with Crippen molar-refractivity contribution >= 4 is 40.7 Å². The van der Waals surface area contributed by atoms with E-state index in [1.807, 2.05) is 0 Å². The molecule has 1 aromatic carbocycles. The van der Waals surface area contributed by atoms with E-state index < -0.39 is 0 Å². The SMILES string of the molecule is Cl.Ic1ccccc1NC1CCC1. The summed E-state index contributed by atoms with van der Waals surface area (Å²) in [7, 11) is 0. The molecule has 1 N–H and O–H groups in total. The van der Waals surface area contributed by atoms with E-state index in [0.29, 0.717) is 0 Å². The average molecular weight is 310 g/mol. The summed E-state index contributed by atoms with van der Waals surface area (Å²) in [6, 6.07) is 9.19. The lowest BCUT2D eigenvalue weighted by Crippen LogP contribution is -2.27. The van der Waals surface area contributed by atoms with Gasteiger partial charge < -0.3 is 5.32 Å². The summed E-state index contributed by atoms with van der Waals surface area (Å²) in [5.74, 6) is 0. The second kappa shape index (κ2) is 5.05. The van der Waals surface area contributed by atoms with Gasteiger partial charge in [-0.1, -0.05) is 12.1 Å². The highest BCUT2D eigenvalue weighted by molar-refractivity contribution is 14.1. The first-order chi connectivity index (χ1) is 5.86. The molecule has 13 heavy (non-hydrogen) atoms. The Kier molecular flexibility index (Phi) is 4.32. The van der Waals surface area contributed by atoms with E-state index in [2.05, 4.69) is 52.2 Å². The summed E-state index contributed by atoms with van der Waals surface area (Å²) in [5, 5.41) is 3.54. The molecule has 0 aromatic heterocycles. The Hall–Kier alpha value is 0.0400. The van der Waals surface area contributed by atoms with Crippen molar-refractivity contribution in [2.45, 2.75) is 25.3 Å². The van der Waals surface area contributed by atoms with Crippen LogP contribution in [0.3, 0.4) is 0 Å². The molecule has 1 aliphatic carbocycles. The van der Waals surface area contributed by atoms with E-state index >= 15 is 0 Å². The first kappa shape index (κ1) is 11.1. The molecule has 3 heteroatoms. The molecule has 0 heterocycles. The van der Waals surface area contributed by atoms with Crippen molar-refractivity contribution in [3.63, 3.8) is 0 Å². The van der Waals surface area contributed by atoms with Crippen LogP contribution in [0.25, 0.3) is 0 Å². The Morgan fingerprint density at radius 2 is 1.92 bits per heavy atom. The van der Waals surface area contributed by atoms with Crippen molar-refractivity contribution in [3.05, 3.63) is 27.8 Å². The Morgan fingerprint density at radius 1 is 1.23 bits per heavy atom. The van der Waals surface area contributed by atoms with Gasteiger partial charge in [-0.05, 0) is 54.0 Å². The quantitative estimate of drug-likeness (QED) is 0.822. The van der Waals surface area contributed by atoms with Gasteiger partial charge in [-0.15, -0.1) is 12.4 Å². The average Bonchev–Trinajstić information content (AvgIpc) is 2.00. The lowest BCUT2D eigenvalue weighted by Gasteiger charge is -2.27. The summed E-state index contributed by atoms with van der Waals surface area (Å²) in [4.78, 5) is 0. The van der Waals surface area contributed by atoms with Crippen molar-refractivity contribution < 1.29 is 0 Å². The van der Waals surface area contributed by atoms with Crippen molar-refractivity contribution in [1.29, 1.82) is 0 Å². The van der Waals surface area contributed by atoms with Gasteiger partial charge in [0.2, 0.25) is 0 Å². The predicted octanol–water partition coefficient (Wildman–Crippen LogP) is 3.68. The fraction of sp³-hybridized carbons (Fsp3) is 0.400. The first-order valence-electron chi connectivity index (χ1n) is 4.37. The molecule has 0 radical (unpaired) electrons. The molecule has 1 saturated carbocycles. The van der Waals surface area contributed by atoms with Crippen molar-refractivity contribution in [3.8, 4) is 0 Å². The lowest BCUT2D eigenvalue weighted by atomic mass is 9.93. The zero-order chi connectivity index (χ0) is 8.39. The van der Waals surface area contributed by atoms with E-state index in [4.69, 9.17) is 0 Å². The smallest absolute Gasteiger partial charge is 0.0478 e. The van der Waals surface area contributed by atoms with Gasteiger partial charge in [0.1, 0.15) is 0 Å². The van der Waals surface area contributed by atoms with Gasteiger partial charge in [0, 0.05) is 15.3 Å². The molecule has 1 fully saturated rings. The van der Waals surface area contributed by atoms with E-state index in [-0.39, 0.29) is 12.4 Å².